The molecule has 2 aromatic carbocycles. The third-order valence-electron chi connectivity index (χ3n) is 4.64. The maximum atomic E-state index is 5.61. The summed E-state index contributed by atoms with van der Waals surface area (Å²) < 4.78 is 5.61. The van der Waals surface area contributed by atoms with Crippen molar-refractivity contribution in [3.05, 3.63) is 66.8 Å². The Morgan fingerprint density at radius 2 is 1.81 bits per heavy atom. The Morgan fingerprint density at radius 1 is 1.12 bits per heavy atom. The summed E-state index contributed by atoms with van der Waals surface area (Å²) in [5.41, 5.74) is 6.03. The van der Waals surface area contributed by atoms with Crippen molar-refractivity contribution in [2.75, 3.05) is 18.2 Å². The molecule has 0 radical (unpaired) electrons. The molecule has 1 aliphatic rings. The molecule has 3 heteroatoms. The molecule has 0 aliphatic carbocycles. The van der Waals surface area contributed by atoms with E-state index in [4.69, 9.17) is 4.74 Å². The van der Waals surface area contributed by atoms with Gasteiger partial charge in [0, 0.05) is 27.7 Å². The zero-order valence-corrected chi connectivity index (χ0v) is 16.8. The minimum atomic E-state index is -0.108. The number of hydrogen-bond acceptors (Lipinski definition) is 3. The molecule has 3 rings (SSSR count). The molecule has 0 saturated carbocycles. The molecule has 2 aromatic rings. The first-order chi connectivity index (χ1) is 12.5. The number of thioether (sulfide) groups is 1. The van der Waals surface area contributed by atoms with Gasteiger partial charge in [-0.2, -0.15) is 0 Å². The van der Waals surface area contributed by atoms with Crippen molar-refractivity contribution in [2.45, 2.75) is 31.6 Å². The lowest BCUT2D eigenvalue weighted by atomic mass is 9.86. The molecule has 1 heterocycles. The van der Waals surface area contributed by atoms with Gasteiger partial charge in [0.1, 0.15) is 5.75 Å². The molecule has 1 N–H and O–H groups in total. The van der Waals surface area contributed by atoms with E-state index < -0.39 is 0 Å². The van der Waals surface area contributed by atoms with Gasteiger partial charge in [-0.25, -0.2) is 0 Å². The first-order valence-electron chi connectivity index (χ1n) is 8.97. The van der Waals surface area contributed by atoms with Crippen LogP contribution in [-0.4, -0.2) is 23.7 Å². The van der Waals surface area contributed by atoms with Crippen LogP contribution >= 0.6 is 11.8 Å². The number of fused-ring (bicyclic) bond motifs is 1. The van der Waals surface area contributed by atoms with Crippen LogP contribution in [0.1, 0.15) is 26.3 Å². The highest BCUT2D eigenvalue weighted by molar-refractivity contribution is 8.00. The number of hydrogen-bond donors (Lipinski definition) is 1. The summed E-state index contributed by atoms with van der Waals surface area (Å²) in [5, 5.41) is 4.14. The predicted molar refractivity (Wildman–Crippen MR) is 116 cm³/mol. The second kappa shape index (κ2) is 7.63. The average molecular weight is 366 g/mol. The average Bonchev–Trinajstić information content (AvgIpc) is 2.64. The van der Waals surface area contributed by atoms with Crippen molar-refractivity contribution >= 4 is 23.0 Å². The van der Waals surface area contributed by atoms with Crippen LogP contribution < -0.4 is 10.1 Å². The van der Waals surface area contributed by atoms with E-state index in [-0.39, 0.29) is 5.54 Å². The van der Waals surface area contributed by atoms with Crippen molar-refractivity contribution in [1.82, 2.24) is 0 Å². The third-order valence-corrected chi connectivity index (χ3v) is 5.82. The van der Waals surface area contributed by atoms with Gasteiger partial charge in [0.15, 0.2) is 0 Å². The van der Waals surface area contributed by atoms with Crippen LogP contribution in [0.4, 0.5) is 5.69 Å². The van der Waals surface area contributed by atoms with Crippen LogP contribution in [0.25, 0.3) is 16.7 Å². The molecule has 2 nitrogen and oxygen atoms in total. The Morgan fingerprint density at radius 3 is 2.54 bits per heavy atom. The smallest absolute Gasteiger partial charge is 0.126 e. The number of rotatable bonds is 6. The summed E-state index contributed by atoms with van der Waals surface area (Å²) in [6.07, 6.45) is 4.34. The summed E-state index contributed by atoms with van der Waals surface area (Å²) in [6.45, 7) is 10.6. The summed E-state index contributed by atoms with van der Waals surface area (Å²) in [4.78, 5) is 0. The summed E-state index contributed by atoms with van der Waals surface area (Å²) >= 11 is 1.92. The highest BCUT2D eigenvalue weighted by atomic mass is 32.2. The predicted octanol–water partition coefficient (Wildman–Crippen LogP) is 6.26. The van der Waals surface area contributed by atoms with Crippen LogP contribution in [0.15, 0.2) is 61.2 Å². The van der Waals surface area contributed by atoms with Crippen molar-refractivity contribution in [3.63, 3.8) is 0 Å². The zero-order valence-electron chi connectivity index (χ0n) is 16.0. The molecule has 0 aromatic heterocycles. The molecule has 0 spiro atoms. The van der Waals surface area contributed by atoms with E-state index in [0.717, 1.165) is 17.1 Å². The number of benzene rings is 2. The topological polar surface area (TPSA) is 21.3 Å². The molecule has 0 fully saturated rings. The summed E-state index contributed by atoms with van der Waals surface area (Å²) in [6, 6.07) is 14.7. The molecule has 1 aliphatic heterocycles. The fraction of sp³-hybridized carbons (Fsp3) is 0.304. The summed E-state index contributed by atoms with van der Waals surface area (Å²) in [5.74, 6) is 1.85. The van der Waals surface area contributed by atoms with Gasteiger partial charge in [-0.1, -0.05) is 48.6 Å². The quantitative estimate of drug-likeness (QED) is 0.611. The highest BCUT2D eigenvalue weighted by Gasteiger charge is 2.29. The Balaban J connectivity index is 2.14. The first kappa shape index (κ1) is 18.7. The Bertz CT molecular complexity index is 838. The lowest BCUT2D eigenvalue weighted by molar-refractivity contribution is 0.416. The molecule has 26 heavy (non-hydrogen) atoms. The maximum Gasteiger partial charge on any atom is 0.126 e. The van der Waals surface area contributed by atoms with Crippen molar-refractivity contribution in [1.29, 1.82) is 0 Å². The first-order valence-corrected chi connectivity index (χ1v) is 10.0. The van der Waals surface area contributed by atoms with Crippen LogP contribution in [0.3, 0.4) is 0 Å². The zero-order chi connectivity index (χ0) is 18.7. The minimum absolute atomic E-state index is 0.108. The number of nitrogens with one attached hydrogen (secondary N) is 1. The van der Waals surface area contributed by atoms with Gasteiger partial charge >= 0.3 is 0 Å². The number of para-hydroxylation sites is 2. The van der Waals surface area contributed by atoms with Crippen molar-refractivity contribution in [2.24, 2.45) is 0 Å². The minimum Gasteiger partial charge on any atom is -0.496 e. The fourth-order valence-corrected chi connectivity index (χ4v) is 4.28. The molecule has 1 unspecified atom stereocenters. The van der Waals surface area contributed by atoms with Crippen LogP contribution in [0.2, 0.25) is 0 Å². The van der Waals surface area contributed by atoms with Gasteiger partial charge in [0.25, 0.3) is 0 Å². The van der Waals surface area contributed by atoms with Gasteiger partial charge in [-0.3, -0.25) is 0 Å². The number of ether oxygens (including phenoxy) is 1. The number of anilines is 1. The second-order valence-corrected chi connectivity index (χ2v) is 8.51. The van der Waals surface area contributed by atoms with Gasteiger partial charge < -0.3 is 10.1 Å². The molecule has 0 bridgehead atoms. The third kappa shape index (κ3) is 3.68. The van der Waals surface area contributed by atoms with Crippen LogP contribution in [0.5, 0.6) is 5.75 Å². The van der Waals surface area contributed by atoms with Crippen molar-refractivity contribution < 1.29 is 4.74 Å². The Kier molecular flexibility index (Phi) is 5.47. The monoisotopic (exact) mass is 365 g/mol. The largest absolute Gasteiger partial charge is 0.496 e. The van der Waals surface area contributed by atoms with Crippen LogP contribution in [0, 0.1) is 0 Å². The van der Waals surface area contributed by atoms with Crippen LogP contribution in [-0.2, 0) is 0 Å². The Labute approximate surface area is 161 Å². The van der Waals surface area contributed by atoms with E-state index in [2.05, 4.69) is 69.1 Å². The lowest BCUT2D eigenvalue weighted by Gasteiger charge is -2.35. The van der Waals surface area contributed by atoms with Gasteiger partial charge in [0.05, 0.1) is 18.3 Å². The Hall–Kier alpha value is -2.13. The standard InChI is InChI=1S/C23H27NOS/c1-6-14-26-16(2)20-15-23(3,4)24-22-18(11-9-12-19(20)22)17-10-7-8-13-21(17)25-5/h6-13,15-16,24H,1,14H2,2-5H3. The fourth-order valence-electron chi connectivity index (χ4n) is 3.48. The van der Waals surface area contributed by atoms with E-state index in [9.17, 15) is 0 Å². The van der Waals surface area contributed by atoms with Gasteiger partial charge in [0.2, 0.25) is 0 Å². The van der Waals surface area contributed by atoms with E-state index >= 15 is 0 Å². The summed E-state index contributed by atoms with van der Waals surface area (Å²) in [7, 11) is 1.73. The van der Waals surface area contributed by atoms with E-state index in [1.54, 1.807) is 7.11 Å². The number of methoxy groups -OCH3 is 1. The van der Waals surface area contributed by atoms with E-state index in [0.29, 0.717) is 5.25 Å². The maximum absolute atomic E-state index is 5.61. The molecule has 1 atom stereocenters. The highest BCUT2D eigenvalue weighted by Crippen LogP contribution is 2.45. The normalized spacial score (nSPS) is 16.1. The lowest BCUT2D eigenvalue weighted by Crippen LogP contribution is -2.33. The molecular formula is C23H27NOS. The van der Waals surface area contributed by atoms with Crippen molar-refractivity contribution in [3.8, 4) is 16.9 Å². The SMILES string of the molecule is C=CCSC(C)C1=CC(C)(C)Nc2c1cccc2-c1ccccc1OC. The van der Waals surface area contributed by atoms with E-state index in [1.165, 1.54) is 22.4 Å². The van der Waals surface area contributed by atoms with E-state index in [1.807, 2.05) is 30.0 Å². The molecule has 0 amide bonds. The molecule has 0 saturated heterocycles. The molecular weight excluding hydrogens is 338 g/mol. The second-order valence-electron chi connectivity index (χ2n) is 7.14. The van der Waals surface area contributed by atoms with Gasteiger partial charge in [-0.15, -0.1) is 18.3 Å². The molecule has 136 valence electrons. The van der Waals surface area contributed by atoms with Gasteiger partial charge in [-0.05, 0) is 32.4 Å².